The molecule has 1 aliphatic rings. The first-order chi connectivity index (χ1) is 15.3. The lowest BCUT2D eigenvalue weighted by molar-refractivity contribution is -0.119. The maximum Gasteiger partial charge on any atom is 0.375 e. The Morgan fingerprint density at radius 3 is 2.47 bits per heavy atom. The number of aryl methyl sites for hydroxylation is 1. The Hall–Kier alpha value is -2.88. The van der Waals surface area contributed by atoms with Crippen molar-refractivity contribution in [2.45, 2.75) is 24.7 Å². The number of sulfonamides is 1. The Morgan fingerprint density at radius 1 is 1.12 bits per heavy atom. The molecule has 1 amide bonds. The van der Waals surface area contributed by atoms with Crippen molar-refractivity contribution in [3.63, 3.8) is 0 Å². The van der Waals surface area contributed by atoms with Crippen LogP contribution in [0.3, 0.4) is 0 Å². The van der Waals surface area contributed by atoms with E-state index in [0.717, 1.165) is 12.8 Å². The number of amides is 1. The van der Waals surface area contributed by atoms with Gasteiger partial charge in [-0.15, -0.1) is 0 Å². The number of hydrogen-bond donors (Lipinski definition) is 1. The highest BCUT2D eigenvalue weighted by Gasteiger charge is 2.27. The number of rotatable bonds is 6. The van der Waals surface area contributed by atoms with Crippen molar-refractivity contribution < 1.29 is 27.2 Å². The van der Waals surface area contributed by atoms with Gasteiger partial charge in [-0.05, 0) is 50.1 Å². The van der Waals surface area contributed by atoms with Gasteiger partial charge < -0.3 is 14.5 Å². The molecular formula is C22H21ClN2O6S. The number of nitrogens with one attached hydrogen (secondary N) is 1. The first-order valence-corrected chi connectivity index (χ1v) is 11.8. The molecule has 8 nitrogen and oxygen atoms in total. The quantitative estimate of drug-likeness (QED) is 0.539. The number of benzene rings is 2. The third-order valence-corrected chi connectivity index (χ3v) is 7.49. The normalized spacial score (nSPS) is 14.6. The van der Waals surface area contributed by atoms with Gasteiger partial charge in [0.05, 0.1) is 9.92 Å². The van der Waals surface area contributed by atoms with Gasteiger partial charge in [0.15, 0.2) is 12.2 Å². The number of furan rings is 1. The molecule has 2 heterocycles. The number of anilines is 1. The zero-order valence-corrected chi connectivity index (χ0v) is 18.8. The Morgan fingerprint density at radius 2 is 1.81 bits per heavy atom. The van der Waals surface area contributed by atoms with Gasteiger partial charge in [0, 0.05) is 29.7 Å². The molecule has 1 N–H and O–H groups in total. The molecule has 168 valence electrons. The highest BCUT2D eigenvalue weighted by Crippen LogP contribution is 2.31. The molecule has 4 rings (SSSR count). The van der Waals surface area contributed by atoms with E-state index in [-0.39, 0.29) is 10.7 Å². The average Bonchev–Trinajstić information content (AvgIpc) is 3.43. The highest BCUT2D eigenvalue weighted by atomic mass is 35.5. The van der Waals surface area contributed by atoms with Crippen LogP contribution in [-0.2, 0) is 19.6 Å². The van der Waals surface area contributed by atoms with E-state index >= 15 is 0 Å². The second-order valence-electron chi connectivity index (χ2n) is 7.43. The number of para-hydroxylation sites is 1. The molecule has 3 aromatic rings. The fraction of sp³-hybridized carbons (Fsp3) is 0.273. The molecule has 1 fully saturated rings. The van der Waals surface area contributed by atoms with E-state index in [1.54, 1.807) is 25.1 Å². The minimum atomic E-state index is -3.52. The Labute approximate surface area is 190 Å². The van der Waals surface area contributed by atoms with Crippen LogP contribution >= 0.6 is 11.6 Å². The van der Waals surface area contributed by atoms with Gasteiger partial charge in [0.2, 0.25) is 15.8 Å². The lowest BCUT2D eigenvalue weighted by Gasteiger charge is -2.15. The molecule has 0 spiro atoms. The molecule has 0 radical (unpaired) electrons. The van der Waals surface area contributed by atoms with Crippen molar-refractivity contribution in [3.05, 3.63) is 58.8 Å². The predicted octanol–water partition coefficient (Wildman–Crippen LogP) is 3.97. The van der Waals surface area contributed by atoms with Crippen LogP contribution in [0, 0.1) is 6.92 Å². The summed E-state index contributed by atoms with van der Waals surface area (Å²) in [5.74, 6) is -1.37. The van der Waals surface area contributed by atoms with Crippen molar-refractivity contribution >= 4 is 50.2 Å². The molecule has 0 atom stereocenters. The summed E-state index contributed by atoms with van der Waals surface area (Å²) >= 11 is 6.09. The van der Waals surface area contributed by atoms with Gasteiger partial charge in [-0.25, -0.2) is 13.2 Å². The van der Waals surface area contributed by atoms with Crippen molar-refractivity contribution in [2.24, 2.45) is 0 Å². The molecule has 0 aliphatic carbocycles. The molecule has 32 heavy (non-hydrogen) atoms. The summed E-state index contributed by atoms with van der Waals surface area (Å²) in [5.41, 5.74) is 1.34. The molecule has 2 aromatic carbocycles. The number of carbonyl (C=O) groups is 2. The third-order valence-electron chi connectivity index (χ3n) is 5.28. The van der Waals surface area contributed by atoms with Crippen LogP contribution < -0.4 is 5.32 Å². The van der Waals surface area contributed by atoms with Gasteiger partial charge in [0.25, 0.3) is 5.91 Å². The minimum absolute atomic E-state index is 0.0163. The van der Waals surface area contributed by atoms with Crippen molar-refractivity contribution in [3.8, 4) is 0 Å². The van der Waals surface area contributed by atoms with Gasteiger partial charge >= 0.3 is 5.97 Å². The number of hydrogen-bond acceptors (Lipinski definition) is 6. The maximum absolute atomic E-state index is 12.6. The van der Waals surface area contributed by atoms with Gasteiger partial charge in [-0.1, -0.05) is 23.7 Å². The summed E-state index contributed by atoms with van der Waals surface area (Å²) in [4.78, 5) is 24.7. The Bertz CT molecular complexity index is 1280. The molecule has 0 saturated carbocycles. The van der Waals surface area contributed by atoms with Gasteiger partial charge in [0.1, 0.15) is 0 Å². The van der Waals surface area contributed by atoms with Gasteiger partial charge in [-0.2, -0.15) is 4.31 Å². The standard InChI is InChI=1S/C22H21ClN2O6S/c1-14-17-5-4-6-18(23)21(17)31-20(14)22(27)30-13-19(26)24-15-7-9-16(10-8-15)32(28,29)25-11-2-3-12-25/h4-10H,2-3,11-13H2,1H3,(H,24,26). The molecule has 10 heteroatoms. The van der Waals surface area contributed by atoms with E-state index in [9.17, 15) is 18.0 Å². The first-order valence-electron chi connectivity index (χ1n) is 10.0. The highest BCUT2D eigenvalue weighted by molar-refractivity contribution is 7.89. The molecule has 1 aliphatic heterocycles. The Balaban J connectivity index is 1.36. The first kappa shape index (κ1) is 22.3. The van der Waals surface area contributed by atoms with E-state index < -0.39 is 28.5 Å². The van der Waals surface area contributed by atoms with E-state index in [4.69, 9.17) is 20.8 Å². The fourth-order valence-corrected chi connectivity index (χ4v) is 5.32. The van der Waals surface area contributed by atoms with Crippen molar-refractivity contribution in [1.82, 2.24) is 4.31 Å². The van der Waals surface area contributed by atoms with E-state index in [1.807, 2.05) is 0 Å². The van der Waals surface area contributed by atoms with Crippen molar-refractivity contribution in [2.75, 3.05) is 25.0 Å². The lowest BCUT2D eigenvalue weighted by Crippen LogP contribution is -2.27. The van der Waals surface area contributed by atoms with Crippen LogP contribution in [0.15, 0.2) is 51.8 Å². The van der Waals surface area contributed by atoms with E-state index in [1.165, 1.54) is 28.6 Å². The summed E-state index contributed by atoms with van der Waals surface area (Å²) in [7, 11) is -3.52. The summed E-state index contributed by atoms with van der Waals surface area (Å²) in [6.07, 6.45) is 1.71. The van der Waals surface area contributed by atoms with Crippen LogP contribution in [0.1, 0.15) is 29.0 Å². The summed E-state index contributed by atoms with van der Waals surface area (Å²) < 4.78 is 37.2. The number of halogens is 1. The number of nitrogens with zero attached hydrogens (tertiary/aromatic N) is 1. The number of esters is 1. The van der Waals surface area contributed by atoms with Crippen LogP contribution in [0.2, 0.25) is 5.02 Å². The second kappa shape index (κ2) is 8.93. The zero-order chi connectivity index (χ0) is 22.9. The summed E-state index contributed by atoms with van der Waals surface area (Å²) in [6.45, 7) is 2.21. The maximum atomic E-state index is 12.6. The van der Waals surface area contributed by atoms with E-state index in [0.29, 0.717) is 40.3 Å². The van der Waals surface area contributed by atoms with Crippen LogP contribution in [0.25, 0.3) is 11.0 Å². The smallest absolute Gasteiger partial charge is 0.375 e. The molecule has 1 aromatic heterocycles. The molecule has 1 saturated heterocycles. The number of carbonyl (C=O) groups excluding carboxylic acids is 2. The number of ether oxygens (including phenoxy) is 1. The average molecular weight is 477 g/mol. The molecule has 0 bridgehead atoms. The van der Waals surface area contributed by atoms with Crippen LogP contribution in [-0.4, -0.2) is 44.3 Å². The monoisotopic (exact) mass is 476 g/mol. The molecular weight excluding hydrogens is 456 g/mol. The minimum Gasteiger partial charge on any atom is -0.450 e. The van der Waals surface area contributed by atoms with Crippen molar-refractivity contribution in [1.29, 1.82) is 0 Å². The zero-order valence-electron chi connectivity index (χ0n) is 17.3. The van der Waals surface area contributed by atoms with Gasteiger partial charge in [-0.3, -0.25) is 4.79 Å². The predicted molar refractivity (Wildman–Crippen MR) is 119 cm³/mol. The second-order valence-corrected chi connectivity index (χ2v) is 9.78. The van der Waals surface area contributed by atoms with E-state index in [2.05, 4.69) is 5.32 Å². The SMILES string of the molecule is Cc1c(C(=O)OCC(=O)Nc2ccc(S(=O)(=O)N3CCCC3)cc2)oc2c(Cl)cccc12. The summed E-state index contributed by atoms with van der Waals surface area (Å²) in [5, 5.41) is 3.64. The van der Waals surface area contributed by atoms with Crippen LogP contribution in [0.5, 0.6) is 0 Å². The lowest BCUT2D eigenvalue weighted by atomic mass is 10.1. The number of fused-ring (bicyclic) bond motifs is 1. The summed E-state index contributed by atoms with van der Waals surface area (Å²) in [6, 6.07) is 11.0. The third kappa shape index (κ3) is 4.36. The fourth-order valence-electron chi connectivity index (χ4n) is 3.59. The topological polar surface area (TPSA) is 106 Å². The van der Waals surface area contributed by atoms with Crippen LogP contribution in [0.4, 0.5) is 5.69 Å². The molecule has 0 unspecified atom stereocenters. The largest absolute Gasteiger partial charge is 0.450 e. The Kier molecular flexibility index (Phi) is 6.23.